The molecule has 9 nitrogen and oxygen atoms in total. The SMILES string of the molecule is CCOC(=O)C(Cc1ccccc1)n1cc(NC(=O)c2nccnc2N)cn1. The zero-order valence-electron chi connectivity index (χ0n) is 15.3. The molecular formula is C19H20N6O3. The summed E-state index contributed by atoms with van der Waals surface area (Å²) in [6.07, 6.45) is 6.20. The van der Waals surface area contributed by atoms with Gasteiger partial charge < -0.3 is 15.8 Å². The Hall–Kier alpha value is -3.75. The summed E-state index contributed by atoms with van der Waals surface area (Å²) in [6.45, 7) is 2.01. The van der Waals surface area contributed by atoms with Crippen molar-refractivity contribution in [1.82, 2.24) is 19.7 Å². The standard InChI is InChI=1S/C19H20N6O3/c1-2-28-19(27)15(10-13-6-4-3-5-7-13)25-12-14(11-23-25)24-18(26)16-17(20)22-9-8-21-16/h3-9,11-12,15H,2,10H2,1H3,(H2,20,22)(H,24,26). The quantitative estimate of drug-likeness (QED) is 0.599. The molecule has 0 bridgehead atoms. The summed E-state index contributed by atoms with van der Waals surface area (Å²) in [5.74, 6) is -0.882. The van der Waals surface area contributed by atoms with E-state index in [1.807, 2.05) is 30.3 Å². The molecule has 1 amide bonds. The third-order valence-corrected chi connectivity index (χ3v) is 3.95. The molecule has 3 N–H and O–H groups in total. The van der Waals surface area contributed by atoms with Crippen molar-refractivity contribution in [2.75, 3.05) is 17.7 Å². The molecule has 1 atom stereocenters. The predicted octanol–water partition coefficient (Wildman–Crippen LogP) is 1.85. The average Bonchev–Trinajstić information content (AvgIpc) is 3.15. The number of ether oxygens (including phenoxy) is 1. The van der Waals surface area contributed by atoms with Crippen LogP contribution >= 0.6 is 0 Å². The number of nitrogens with zero attached hydrogens (tertiary/aromatic N) is 4. The first kappa shape index (κ1) is 19.0. The number of hydrogen-bond donors (Lipinski definition) is 2. The number of carbonyl (C=O) groups is 2. The van der Waals surface area contributed by atoms with Crippen LogP contribution in [0.2, 0.25) is 0 Å². The van der Waals surface area contributed by atoms with Crippen molar-refractivity contribution in [3.05, 3.63) is 66.4 Å². The van der Waals surface area contributed by atoms with E-state index in [1.165, 1.54) is 23.3 Å². The van der Waals surface area contributed by atoms with Gasteiger partial charge in [-0.15, -0.1) is 0 Å². The van der Waals surface area contributed by atoms with Gasteiger partial charge in [0.1, 0.15) is 0 Å². The van der Waals surface area contributed by atoms with Crippen LogP contribution in [0.5, 0.6) is 0 Å². The van der Waals surface area contributed by atoms with Crippen molar-refractivity contribution in [2.24, 2.45) is 0 Å². The first-order valence-corrected chi connectivity index (χ1v) is 8.71. The molecule has 0 aliphatic rings. The molecule has 28 heavy (non-hydrogen) atoms. The van der Waals surface area contributed by atoms with Gasteiger partial charge in [-0.25, -0.2) is 14.8 Å². The van der Waals surface area contributed by atoms with Gasteiger partial charge in [-0.05, 0) is 12.5 Å². The molecule has 144 valence electrons. The summed E-state index contributed by atoms with van der Waals surface area (Å²) in [7, 11) is 0. The Balaban J connectivity index is 1.79. The van der Waals surface area contributed by atoms with Crippen molar-refractivity contribution in [1.29, 1.82) is 0 Å². The molecule has 0 spiro atoms. The minimum atomic E-state index is -0.658. The van der Waals surface area contributed by atoms with Crippen LogP contribution in [0.3, 0.4) is 0 Å². The molecule has 3 rings (SSSR count). The normalized spacial score (nSPS) is 11.6. The highest BCUT2D eigenvalue weighted by molar-refractivity contribution is 6.05. The highest BCUT2D eigenvalue weighted by atomic mass is 16.5. The maximum absolute atomic E-state index is 12.4. The van der Waals surface area contributed by atoms with Gasteiger partial charge in [0.25, 0.3) is 5.91 Å². The number of hydrogen-bond acceptors (Lipinski definition) is 7. The number of rotatable bonds is 7. The summed E-state index contributed by atoms with van der Waals surface area (Å²) in [5, 5.41) is 6.87. The number of aromatic nitrogens is 4. The van der Waals surface area contributed by atoms with Crippen LogP contribution in [-0.4, -0.2) is 38.2 Å². The second-order valence-corrected chi connectivity index (χ2v) is 5.91. The van der Waals surface area contributed by atoms with E-state index in [-0.39, 0.29) is 18.1 Å². The summed E-state index contributed by atoms with van der Waals surface area (Å²) >= 11 is 0. The lowest BCUT2D eigenvalue weighted by molar-refractivity contribution is -0.147. The van der Waals surface area contributed by atoms with Crippen LogP contribution in [0, 0.1) is 0 Å². The Kier molecular flexibility index (Phi) is 5.95. The van der Waals surface area contributed by atoms with E-state index in [1.54, 1.807) is 13.1 Å². The molecule has 0 radical (unpaired) electrons. The van der Waals surface area contributed by atoms with Gasteiger partial charge in [-0.3, -0.25) is 9.48 Å². The molecule has 0 saturated carbocycles. The minimum Gasteiger partial charge on any atom is -0.464 e. The van der Waals surface area contributed by atoms with Crippen LogP contribution in [0.4, 0.5) is 11.5 Å². The molecule has 0 fully saturated rings. The van der Waals surface area contributed by atoms with Crippen LogP contribution in [-0.2, 0) is 16.0 Å². The van der Waals surface area contributed by atoms with E-state index in [0.717, 1.165) is 5.56 Å². The minimum absolute atomic E-state index is 0.0153. The molecule has 1 unspecified atom stereocenters. The number of anilines is 2. The van der Waals surface area contributed by atoms with Crippen LogP contribution in [0.1, 0.15) is 29.0 Å². The van der Waals surface area contributed by atoms with Crippen LogP contribution in [0.15, 0.2) is 55.1 Å². The Morgan fingerprint density at radius 1 is 1.21 bits per heavy atom. The third kappa shape index (κ3) is 4.50. The van der Waals surface area contributed by atoms with Crippen molar-refractivity contribution >= 4 is 23.4 Å². The second kappa shape index (κ2) is 8.76. The van der Waals surface area contributed by atoms with Crippen molar-refractivity contribution in [3.63, 3.8) is 0 Å². The predicted molar refractivity (Wildman–Crippen MR) is 102 cm³/mol. The number of benzene rings is 1. The molecule has 3 aromatic rings. The number of esters is 1. The zero-order valence-corrected chi connectivity index (χ0v) is 15.3. The highest BCUT2D eigenvalue weighted by Gasteiger charge is 2.24. The molecule has 9 heteroatoms. The molecule has 0 saturated heterocycles. The maximum Gasteiger partial charge on any atom is 0.331 e. The fraction of sp³-hybridized carbons (Fsp3) is 0.211. The summed E-state index contributed by atoms with van der Waals surface area (Å²) < 4.78 is 6.66. The molecule has 0 aliphatic heterocycles. The van der Waals surface area contributed by atoms with E-state index in [9.17, 15) is 9.59 Å². The lowest BCUT2D eigenvalue weighted by atomic mass is 10.1. The second-order valence-electron chi connectivity index (χ2n) is 5.91. The average molecular weight is 380 g/mol. The van der Waals surface area contributed by atoms with Crippen LogP contribution in [0.25, 0.3) is 0 Å². The van der Waals surface area contributed by atoms with Gasteiger partial charge in [0.2, 0.25) is 0 Å². The molecule has 0 aliphatic carbocycles. The maximum atomic E-state index is 12.4. The number of carbonyl (C=O) groups excluding carboxylic acids is 2. The summed E-state index contributed by atoms with van der Waals surface area (Å²) in [5.41, 5.74) is 7.05. The monoisotopic (exact) mass is 380 g/mol. The Morgan fingerprint density at radius 3 is 2.68 bits per heavy atom. The van der Waals surface area contributed by atoms with Gasteiger partial charge in [0, 0.05) is 25.0 Å². The van der Waals surface area contributed by atoms with Gasteiger partial charge in [0.15, 0.2) is 17.6 Å². The first-order chi connectivity index (χ1) is 13.6. The van der Waals surface area contributed by atoms with Gasteiger partial charge in [-0.1, -0.05) is 30.3 Å². The van der Waals surface area contributed by atoms with E-state index in [4.69, 9.17) is 10.5 Å². The van der Waals surface area contributed by atoms with E-state index < -0.39 is 17.9 Å². The first-order valence-electron chi connectivity index (χ1n) is 8.71. The number of nitrogen functional groups attached to an aromatic ring is 1. The highest BCUT2D eigenvalue weighted by Crippen LogP contribution is 2.19. The van der Waals surface area contributed by atoms with Gasteiger partial charge in [0.05, 0.1) is 18.5 Å². The number of nitrogens with one attached hydrogen (secondary N) is 1. The summed E-state index contributed by atoms with van der Waals surface area (Å²) in [4.78, 5) is 32.5. The van der Waals surface area contributed by atoms with Crippen molar-refractivity contribution < 1.29 is 14.3 Å². The number of amides is 1. The van der Waals surface area contributed by atoms with Gasteiger partial charge >= 0.3 is 5.97 Å². The lowest BCUT2D eigenvalue weighted by Crippen LogP contribution is -2.24. The van der Waals surface area contributed by atoms with Gasteiger partial charge in [-0.2, -0.15) is 5.10 Å². The van der Waals surface area contributed by atoms with Crippen molar-refractivity contribution in [2.45, 2.75) is 19.4 Å². The fourth-order valence-electron chi connectivity index (χ4n) is 2.65. The molecular weight excluding hydrogens is 360 g/mol. The topological polar surface area (TPSA) is 125 Å². The zero-order chi connectivity index (χ0) is 19.9. The third-order valence-electron chi connectivity index (χ3n) is 3.95. The lowest BCUT2D eigenvalue weighted by Gasteiger charge is -2.16. The molecule has 2 aromatic heterocycles. The number of nitrogens with two attached hydrogens (primary N) is 1. The van der Waals surface area contributed by atoms with Crippen LogP contribution < -0.4 is 11.1 Å². The Morgan fingerprint density at radius 2 is 1.96 bits per heavy atom. The fourth-order valence-corrected chi connectivity index (χ4v) is 2.65. The molecule has 1 aromatic carbocycles. The Labute approximate surface area is 161 Å². The smallest absolute Gasteiger partial charge is 0.331 e. The van der Waals surface area contributed by atoms with E-state index >= 15 is 0 Å². The largest absolute Gasteiger partial charge is 0.464 e. The summed E-state index contributed by atoms with van der Waals surface area (Å²) in [6, 6.07) is 8.90. The molecule has 2 heterocycles. The Bertz CT molecular complexity index is 957. The van der Waals surface area contributed by atoms with E-state index in [2.05, 4.69) is 20.4 Å². The van der Waals surface area contributed by atoms with E-state index in [0.29, 0.717) is 12.1 Å². The van der Waals surface area contributed by atoms with Crippen molar-refractivity contribution in [3.8, 4) is 0 Å².